The standard InChI is InChI=1S/C15H31N5O3S.HI/c1-12(2)9-16-15(18-11-14(21)19(3)4)17-10-13-7-6-8-20(13)24(5,22)23;/h12-13H,6-11H2,1-5H3,(H2,16,17,18);1H/t13-;/m1./s1. The summed E-state index contributed by atoms with van der Waals surface area (Å²) < 4.78 is 25.1. The number of carbonyl (C=O) groups is 1. The molecule has 10 heteroatoms. The van der Waals surface area contributed by atoms with Crippen LogP contribution in [-0.4, -0.2) is 82.1 Å². The molecule has 1 saturated heterocycles. The summed E-state index contributed by atoms with van der Waals surface area (Å²) in [6, 6.07) is -0.0735. The van der Waals surface area contributed by atoms with Gasteiger partial charge in [0, 0.05) is 39.8 Å². The maximum absolute atomic E-state index is 11.8. The molecule has 1 rings (SSSR count). The van der Waals surface area contributed by atoms with E-state index in [1.165, 1.54) is 15.5 Å². The summed E-state index contributed by atoms with van der Waals surface area (Å²) in [6.07, 6.45) is 2.94. The van der Waals surface area contributed by atoms with Crippen LogP contribution < -0.4 is 10.6 Å². The van der Waals surface area contributed by atoms with Gasteiger partial charge in [0.2, 0.25) is 15.9 Å². The number of nitrogens with one attached hydrogen (secondary N) is 2. The Morgan fingerprint density at radius 1 is 1.32 bits per heavy atom. The van der Waals surface area contributed by atoms with Crippen molar-refractivity contribution < 1.29 is 13.2 Å². The fourth-order valence-corrected chi connectivity index (χ4v) is 3.61. The first-order valence-corrected chi connectivity index (χ1v) is 10.1. The van der Waals surface area contributed by atoms with E-state index >= 15 is 0 Å². The van der Waals surface area contributed by atoms with Gasteiger partial charge in [-0.2, -0.15) is 4.31 Å². The molecule has 1 aliphatic heterocycles. The molecule has 25 heavy (non-hydrogen) atoms. The molecule has 1 amide bonds. The minimum Gasteiger partial charge on any atom is -0.356 e. The largest absolute Gasteiger partial charge is 0.356 e. The van der Waals surface area contributed by atoms with Crippen molar-refractivity contribution in [3.63, 3.8) is 0 Å². The molecule has 2 N–H and O–H groups in total. The van der Waals surface area contributed by atoms with Crippen molar-refractivity contribution in [1.82, 2.24) is 19.8 Å². The summed E-state index contributed by atoms with van der Waals surface area (Å²) in [5, 5.41) is 6.37. The zero-order valence-electron chi connectivity index (χ0n) is 15.8. The van der Waals surface area contributed by atoms with Gasteiger partial charge in [-0.15, -0.1) is 24.0 Å². The first-order chi connectivity index (χ1) is 11.1. The van der Waals surface area contributed by atoms with Crippen molar-refractivity contribution in [3.05, 3.63) is 0 Å². The average molecular weight is 489 g/mol. The van der Waals surface area contributed by atoms with Crippen molar-refractivity contribution in [1.29, 1.82) is 0 Å². The van der Waals surface area contributed by atoms with Gasteiger partial charge < -0.3 is 15.5 Å². The van der Waals surface area contributed by atoms with Crippen LogP contribution in [0.25, 0.3) is 0 Å². The van der Waals surface area contributed by atoms with Crippen LogP contribution in [0.5, 0.6) is 0 Å². The van der Waals surface area contributed by atoms with E-state index in [0.717, 1.165) is 19.4 Å². The first kappa shape index (κ1) is 24.4. The van der Waals surface area contributed by atoms with Crippen molar-refractivity contribution >= 4 is 45.9 Å². The number of sulfonamides is 1. The van der Waals surface area contributed by atoms with Crippen molar-refractivity contribution in [3.8, 4) is 0 Å². The molecular formula is C15H32IN5O3S. The SMILES string of the molecule is CC(C)CNC(=NCC(=O)N(C)C)NC[C@H]1CCCN1S(C)(=O)=O.I. The minimum atomic E-state index is -3.19. The van der Waals surface area contributed by atoms with E-state index in [0.29, 0.717) is 25.0 Å². The highest BCUT2D eigenvalue weighted by Gasteiger charge is 2.31. The maximum atomic E-state index is 11.8. The number of halogens is 1. The molecule has 0 aromatic heterocycles. The van der Waals surface area contributed by atoms with E-state index in [1.54, 1.807) is 14.1 Å². The molecule has 0 unspecified atom stereocenters. The second kappa shape index (κ2) is 11.2. The maximum Gasteiger partial charge on any atom is 0.243 e. The molecule has 0 aromatic carbocycles. The molecule has 148 valence electrons. The third-order valence-electron chi connectivity index (χ3n) is 3.80. The van der Waals surface area contributed by atoms with Crippen LogP contribution >= 0.6 is 24.0 Å². The lowest BCUT2D eigenvalue weighted by molar-refractivity contribution is -0.127. The van der Waals surface area contributed by atoms with Gasteiger partial charge in [-0.25, -0.2) is 13.4 Å². The van der Waals surface area contributed by atoms with Gasteiger partial charge in [0.15, 0.2) is 5.96 Å². The fraction of sp³-hybridized carbons (Fsp3) is 0.867. The van der Waals surface area contributed by atoms with Gasteiger partial charge in [0.1, 0.15) is 6.54 Å². The summed E-state index contributed by atoms with van der Waals surface area (Å²) in [4.78, 5) is 17.5. The normalized spacial score (nSPS) is 18.8. The van der Waals surface area contributed by atoms with Crippen LogP contribution in [0, 0.1) is 5.92 Å². The summed E-state index contributed by atoms with van der Waals surface area (Å²) in [5.74, 6) is 0.888. The molecule has 1 fully saturated rings. The summed E-state index contributed by atoms with van der Waals surface area (Å²) in [5.41, 5.74) is 0. The van der Waals surface area contributed by atoms with Gasteiger partial charge in [0.25, 0.3) is 0 Å². The highest BCUT2D eigenvalue weighted by Crippen LogP contribution is 2.19. The highest BCUT2D eigenvalue weighted by atomic mass is 127. The first-order valence-electron chi connectivity index (χ1n) is 8.30. The number of rotatable bonds is 7. The number of guanidine groups is 1. The summed E-state index contributed by atoms with van der Waals surface area (Å²) >= 11 is 0. The smallest absolute Gasteiger partial charge is 0.243 e. The van der Waals surface area contributed by atoms with Gasteiger partial charge >= 0.3 is 0 Å². The summed E-state index contributed by atoms with van der Waals surface area (Å²) in [6.45, 7) is 5.99. The number of carbonyl (C=O) groups excluding carboxylic acids is 1. The average Bonchev–Trinajstić information content (AvgIpc) is 2.94. The van der Waals surface area contributed by atoms with Gasteiger partial charge in [-0.3, -0.25) is 4.79 Å². The number of nitrogens with zero attached hydrogens (tertiary/aromatic N) is 3. The van der Waals surface area contributed by atoms with Crippen LogP contribution in [0.1, 0.15) is 26.7 Å². The van der Waals surface area contributed by atoms with E-state index in [4.69, 9.17) is 0 Å². The monoisotopic (exact) mass is 489 g/mol. The molecule has 8 nitrogen and oxygen atoms in total. The second-order valence-electron chi connectivity index (χ2n) is 6.78. The van der Waals surface area contributed by atoms with E-state index in [9.17, 15) is 13.2 Å². The number of amides is 1. The van der Waals surface area contributed by atoms with E-state index < -0.39 is 10.0 Å². The van der Waals surface area contributed by atoms with Crippen LogP contribution in [0.4, 0.5) is 0 Å². The minimum absolute atomic E-state index is 0. The van der Waals surface area contributed by atoms with Crippen molar-refractivity contribution in [2.24, 2.45) is 10.9 Å². The lowest BCUT2D eigenvalue weighted by Gasteiger charge is -2.23. The van der Waals surface area contributed by atoms with Crippen LogP contribution in [0.2, 0.25) is 0 Å². The molecule has 0 aliphatic carbocycles. The Balaban J connectivity index is 0.00000576. The Labute approximate surface area is 168 Å². The third kappa shape index (κ3) is 9.04. The number of aliphatic imine (C=N–C) groups is 1. The van der Waals surface area contributed by atoms with E-state index in [1.807, 2.05) is 0 Å². The van der Waals surface area contributed by atoms with E-state index in [-0.39, 0.29) is 42.5 Å². The molecule has 0 aromatic rings. The zero-order valence-corrected chi connectivity index (χ0v) is 18.9. The predicted octanol–water partition coefficient (Wildman–Crippen LogP) is 0.308. The number of hydrogen-bond acceptors (Lipinski definition) is 4. The Morgan fingerprint density at radius 3 is 2.48 bits per heavy atom. The Kier molecular flexibility index (Phi) is 10.9. The van der Waals surface area contributed by atoms with Gasteiger partial charge in [0.05, 0.1) is 6.26 Å². The second-order valence-corrected chi connectivity index (χ2v) is 8.71. The number of likely N-dealkylation sites (N-methyl/N-ethyl adjacent to an activating group) is 1. The summed E-state index contributed by atoms with van der Waals surface area (Å²) in [7, 11) is 0.189. The molecule has 1 aliphatic rings. The molecule has 1 atom stereocenters. The quantitative estimate of drug-likeness (QED) is 0.305. The Morgan fingerprint density at radius 2 is 1.96 bits per heavy atom. The highest BCUT2D eigenvalue weighted by molar-refractivity contribution is 14.0. The van der Waals surface area contributed by atoms with Crippen LogP contribution in [0.15, 0.2) is 4.99 Å². The molecular weight excluding hydrogens is 457 g/mol. The molecule has 1 heterocycles. The molecule has 0 bridgehead atoms. The Bertz CT molecular complexity index is 551. The lowest BCUT2D eigenvalue weighted by Crippen LogP contribution is -2.47. The number of hydrogen-bond donors (Lipinski definition) is 2. The van der Waals surface area contributed by atoms with E-state index in [2.05, 4.69) is 29.5 Å². The third-order valence-corrected chi connectivity index (χ3v) is 5.14. The zero-order chi connectivity index (χ0) is 18.3. The predicted molar refractivity (Wildman–Crippen MR) is 112 cm³/mol. The Hall–Kier alpha value is -0.620. The van der Waals surface area contributed by atoms with Gasteiger partial charge in [-0.1, -0.05) is 13.8 Å². The van der Waals surface area contributed by atoms with Crippen LogP contribution in [0.3, 0.4) is 0 Å². The van der Waals surface area contributed by atoms with Gasteiger partial charge in [-0.05, 0) is 18.8 Å². The lowest BCUT2D eigenvalue weighted by atomic mass is 10.2. The van der Waals surface area contributed by atoms with Crippen molar-refractivity contribution in [2.45, 2.75) is 32.7 Å². The molecule has 0 radical (unpaired) electrons. The molecule has 0 saturated carbocycles. The van der Waals surface area contributed by atoms with Crippen LogP contribution in [-0.2, 0) is 14.8 Å². The van der Waals surface area contributed by atoms with Crippen molar-refractivity contribution in [2.75, 3.05) is 46.5 Å². The fourth-order valence-electron chi connectivity index (χ4n) is 2.43. The molecule has 0 spiro atoms. The topological polar surface area (TPSA) is 94.1 Å².